The number of amides is 1. The van der Waals surface area contributed by atoms with Crippen molar-refractivity contribution >= 4 is 5.91 Å². The average Bonchev–Trinajstić information content (AvgIpc) is 3.45. The number of rotatable bonds is 6. The second-order valence-electron chi connectivity index (χ2n) is 8.25. The maximum absolute atomic E-state index is 12.6. The number of fused-ring (bicyclic) bond motifs is 1. The topological polar surface area (TPSA) is 65.4 Å². The fourth-order valence-corrected chi connectivity index (χ4v) is 4.39. The van der Waals surface area contributed by atoms with E-state index in [0.29, 0.717) is 18.9 Å². The van der Waals surface area contributed by atoms with Crippen molar-refractivity contribution in [1.82, 2.24) is 15.1 Å². The van der Waals surface area contributed by atoms with Gasteiger partial charge in [-0.05, 0) is 55.2 Å². The molecule has 0 radical (unpaired) electrons. The molecule has 0 saturated heterocycles. The zero-order chi connectivity index (χ0) is 21.0. The van der Waals surface area contributed by atoms with Gasteiger partial charge in [0.1, 0.15) is 0 Å². The first-order chi connectivity index (χ1) is 15.3. The Bertz CT molecular complexity index is 1060. The largest absolute Gasteiger partial charge is 0.454 e. The van der Waals surface area contributed by atoms with Gasteiger partial charge in [-0.1, -0.05) is 37.5 Å². The number of benzene rings is 2. The summed E-state index contributed by atoms with van der Waals surface area (Å²) in [5, 5.41) is 8.08. The lowest BCUT2D eigenvalue weighted by Crippen LogP contribution is -2.36. The van der Waals surface area contributed by atoms with E-state index in [4.69, 9.17) is 14.6 Å². The number of para-hydroxylation sites is 1. The lowest BCUT2D eigenvalue weighted by molar-refractivity contribution is -0.121. The van der Waals surface area contributed by atoms with Crippen molar-refractivity contribution in [2.45, 2.75) is 51.0 Å². The van der Waals surface area contributed by atoms with Gasteiger partial charge in [0, 0.05) is 24.2 Å². The molecule has 1 fully saturated rings. The van der Waals surface area contributed by atoms with E-state index in [0.717, 1.165) is 46.8 Å². The highest BCUT2D eigenvalue weighted by molar-refractivity contribution is 5.77. The summed E-state index contributed by atoms with van der Waals surface area (Å²) >= 11 is 0. The van der Waals surface area contributed by atoms with Gasteiger partial charge in [0.2, 0.25) is 12.7 Å². The SMILES string of the molecule is O=C(CCc1cn(-c2ccccc2)nc1-c1ccc2c(c1)OCO2)NC1CCCCC1. The molecule has 31 heavy (non-hydrogen) atoms. The molecule has 6 heteroatoms. The molecule has 0 spiro atoms. The van der Waals surface area contributed by atoms with Gasteiger partial charge < -0.3 is 14.8 Å². The molecule has 160 valence electrons. The predicted molar refractivity (Wildman–Crippen MR) is 118 cm³/mol. The summed E-state index contributed by atoms with van der Waals surface area (Å²) in [6.07, 6.45) is 9.02. The first-order valence-corrected chi connectivity index (χ1v) is 11.1. The maximum atomic E-state index is 12.6. The summed E-state index contributed by atoms with van der Waals surface area (Å²) in [4.78, 5) is 12.6. The van der Waals surface area contributed by atoms with Crippen molar-refractivity contribution in [3.63, 3.8) is 0 Å². The second kappa shape index (κ2) is 8.84. The van der Waals surface area contributed by atoms with Gasteiger partial charge in [-0.25, -0.2) is 4.68 Å². The van der Waals surface area contributed by atoms with E-state index < -0.39 is 0 Å². The molecule has 0 unspecified atom stereocenters. The average molecular weight is 418 g/mol. The van der Waals surface area contributed by atoms with Crippen LogP contribution in [-0.4, -0.2) is 28.5 Å². The summed E-state index contributed by atoms with van der Waals surface area (Å²) < 4.78 is 12.9. The van der Waals surface area contributed by atoms with Crippen LogP contribution in [0.3, 0.4) is 0 Å². The molecule has 1 N–H and O–H groups in total. The summed E-state index contributed by atoms with van der Waals surface area (Å²) in [5.74, 6) is 1.60. The molecule has 3 aromatic rings. The fourth-order valence-electron chi connectivity index (χ4n) is 4.39. The lowest BCUT2D eigenvalue weighted by Gasteiger charge is -2.22. The van der Waals surface area contributed by atoms with E-state index in [9.17, 15) is 4.79 Å². The minimum Gasteiger partial charge on any atom is -0.454 e. The highest BCUT2D eigenvalue weighted by atomic mass is 16.7. The zero-order valence-corrected chi connectivity index (χ0v) is 17.5. The number of aromatic nitrogens is 2. The van der Waals surface area contributed by atoms with Gasteiger partial charge in [-0.2, -0.15) is 5.10 Å². The van der Waals surface area contributed by atoms with Gasteiger partial charge in [-0.15, -0.1) is 0 Å². The molecule has 1 aliphatic heterocycles. The Morgan fingerprint density at radius 2 is 1.84 bits per heavy atom. The van der Waals surface area contributed by atoms with E-state index >= 15 is 0 Å². The van der Waals surface area contributed by atoms with Gasteiger partial charge in [-0.3, -0.25) is 4.79 Å². The van der Waals surface area contributed by atoms with E-state index in [1.54, 1.807) is 0 Å². The number of aryl methyl sites for hydroxylation is 1. The Labute approximate surface area is 182 Å². The second-order valence-corrected chi connectivity index (χ2v) is 8.25. The van der Waals surface area contributed by atoms with Crippen LogP contribution in [0.4, 0.5) is 0 Å². The molecule has 1 aliphatic carbocycles. The molecule has 1 saturated carbocycles. The van der Waals surface area contributed by atoms with Crippen LogP contribution in [0, 0.1) is 0 Å². The molecule has 2 heterocycles. The molecular formula is C25H27N3O3. The Morgan fingerprint density at radius 1 is 1.03 bits per heavy atom. The van der Waals surface area contributed by atoms with Gasteiger partial charge >= 0.3 is 0 Å². The third-order valence-corrected chi connectivity index (χ3v) is 6.05. The van der Waals surface area contributed by atoms with Crippen molar-refractivity contribution < 1.29 is 14.3 Å². The van der Waals surface area contributed by atoms with Gasteiger partial charge in [0.15, 0.2) is 11.5 Å². The van der Waals surface area contributed by atoms with Gasteiger partial charge in [0.05, 0.1) is 11.4 Å². The Hall–Kier alpha value is -3.28. The highest BCUT2D eigenvalue weighted by Gasteiger charge is 2.20. The van der Waals surface area contributed by atoms with Crippen molar-refractivity contribution in [2.75, 3.05) is 6.79 Å². The summed E-state index contributed by atoms with van der Waals surface area (Å²) in [6, 6.07) is 16.2. The number of nitrogens with one attached hydrogen (secondary N) is 1. The smallest absolute Gasteiger partial charge is 0.231 e. The van der Waals surface area contributed by atoms with Crippen molar-refractivity contribution in [2.24, 2.45) is 0 Å². The normalized spacial score (nSPS) is 15.7. The van der Waals surface area contributed by atoms with Crippen LogP contribution in [0.2, 0.25) is 0 Å². The Balaban J connectivity index is 1.38. The van der Waals surface area contributed by atoms with Crippen LogP contribution in [0.25, 0.3) is 16.9 Å². The highest BCUT2D eigenvalue weighted by Crippen LogP contribution is 2.36. The van der Waals surface area contributed by atoms with Crippen LogP contribution in [-0.2, 0) is 11.2 Å². The third kappa shape index (κ3) is 4.43. The minimum atomic E-state index is 0.121. The number of hydrogen-bond donors (Lipinski definition) is 1. The maximum Gasteiger partial charge on any atom is 0.231 e. The van der Waals surface area contributed by atoms with Crippen molar-refractivity contribution in [3.8, 4) is 28.4 Å². The summed E-state index contributed by atoms with van der Waals surface area (Å²) in [6.45, 7) is 0.242. The first kappa shape index (κ1) is 19.7. The molecule has 1 aromatic heterocycles. The van der Waals surface area contributed by atoms with Crippen molar-refractivity contribution in [1.29, 1.82) is 0 Å². The number of nitrogens with zero attached hydrogens (tertiary/aromatic N) is 2. The first-order valence-electron chi connectivity index (χ1n) is 11.1. The predicted octanol–water partition coefficient (Wildman–Crippen LogP) is 4.65. The quantitative estimate of drug-likeness (QED) is 0.634. The van der Waals surface area contributed by atoms with Crippen LogP contribution in [0.5, 0.6) is 11.5 Å². The molecule has 2 aliphatic rings. The van der Waals surface area contributed by atoms with E-state index in [1.165, 1.54) is 19.3 Å². The summed E-state index contributed by atoms with van der Waals surface area (Å²) in [7, 11) is 0. The minimum absolute atomic E-state index is 0.121. The molecule has 0 bridgehead atoms. The Morgan fingerprint density at radius 3 is 2.68 bits per heavy atom. The molecule has 1 amide bonds. The Kier molecular flexibility index (Phi) is 5.61. The van der Waals surface area contributed by atoms with Crippen LogP contribution < -0.4 is 14.8 Å². The lowest BCUT2D eigenvalue weighted by atomic mass is 9.95. The van der Waals surface area contributed by atoms with E-state index in [2.05, 4.69) is 5.32 Å². The number of ether oxygens (including phenoxy) is 2. The standard InChI is InChI=1S/C25H27N3O3/c29-24(26-20-7-3-1-4-8-20)14-12-19-16-28(21-9-5-2-6-10-21)27-25(19)18-11-13-22-23(15-18)31-17-30-22/h2,5-6,9-11,13,15-16,20H,1,3-4,7-8,12,14,17H2,(H,26,29). The fraction of sp³-hybridized carbons (Fsp3) is 0.360. The summed E-state index contributed by atoms with van der Waals surface area (Å²) in [5.41, 5.74) is 3.86. The van der Waals surface area contributed by atoms with Crippen molar-refractivity contribution in [3.05, 3.63) is 60.3 Å². The third-order valence-electron chi connectivity index (χ3n) is 6.05. The van der Waals surface area contributed by atoms with E-state index in [-0.39, 0.29) is 12.7 Å². The van der Waals surface area contributed by atoms with Crippen LogP contribution in [0.15, 0.2) is 54.7 Å². The van der Waals surface area contributed by atoms with Crippen LogP contribution >= 0.6 is 0 Å². The molecule has 6 nitrogen and oxygen atoms in total. The van der Waals surface area contributed by atoms with E-state index in [1.807, 2.05) is 59.4 Å². The molecular weight excluding hydrogens is 390 g/mol. The van der Waals surface area contributed by atoms with Crippen LogP contribution in [0.1, 0.15) is 44.1 Å². The molecule has 2 aromatic carbocycles. The molecule has 0 atom stereocenters. The number of hydrogen-bond acceptors (Lipinski definition) is 4. The number of carbonyl (C=O) groups excluding carboxylic acids is 1. The monoisotopic (exact) mass is 417 g/mol. The van der Waals surface area contributed by atoms with Gasteiger partial charge in [0.25, 0.3) is 0 Å². The number of carbonyl (C=O) groups is 1. The zero-order valence-electron chi connectivity index (χ0n) is 17.5. The molecule has 5 rings (SSSR count).